The molecule has 0 aromatic heterocycles. The fourth-order valence-electron chi connectivity index (χ4n) is 3.07. The second kappa shape index (κ2) is 10.6. The lowest BCUT2D eigenvalue weighted by molar-refractivity contribution is 0.0785. The van der Waals surface area contributed by atoms with Crippen LogP contribution in [0.1, 0.15) is 22.8 Å². The Morgan fingerprint density at radius 3 is 2.16 bits per heavy atom. The standard InChI is InChI=1S/C24H26N2O4S2/c1-4-30-21-11-15-23(16-12-21)32(28,29)25-20-9-7-19(8-10-20)24(27)26(2)17-18-5-13-22(31-3)14-6-18/h5-16,25H,4,17H2,1-3H3. The molecule has 3 rings (SSSR count). The third-order valence-electron chi connectivity index (χ3n) is 4.75. The molecule has 0 aliphatic carbocycles. The Morgan fingerprint density at radius 1 is 0.969 bits per heavy atom. The van der Waals surface area contributed by atoms with Crippen molar-refractivity contribution < 1.29 is 17.9 Å². The molecule has 0 spiro atoms. The van der Waals surface area contributed by atoms with Gasteiger partial charge in [0.2, 0.25) is 0 Å². The summed E-state index contributed by atoms with van der Waals surface area (Å²) in [5.74, 6) is 0.471. The van der Waals surface area contributed by atoms with E-state index in [0.717, 1.165) is 5.56 Å². The monoisotopic (exact) mass is 470 g/mol. The molecule has 0 bridgehead atoms. The van der Waals surface area contributed by atoms with Crippen molar-refractivity contribution in [1.82, 2.24) is 4.90 Å². The van der Waals surface area contributed by atoms with Crippen molar-refractivity contribution in [3.63, 3.8) is 0 Å². The molecule has 0 unspecified atom stereocenters. The number of amides is 1. The van der Waals surface area contributed by atoms with Crippen LogP contribution in [0, 0.1) is 0 Å². The van der Waals surface area contributed by atoms with Crippen molar-refractivity contribution in [2.75, 3.05) is 24.6 Å². The molecule has 3 aromatic carbocycles. The maximum absolute atomic E-state index is 12.7. The van der Waals surface area contributed by atoms with Gasteiger partial charge in [-0.1, -0.05) is 12.1 Å². The number of sulfonamides is 1. The van der Waals surface area contributed by atoms with Crippen LogP contribution < -0.4 is 9.46 Å². The summed E-state index contributed by atoms with van der Waals surface area (Å²) in [5.41, 5.74) is 1.90. The molecule has 32 heavy (non-hydrogen) atoms. The number of hydrogen-bond acceptors (Lipinski definition) is 5. The number of nitrogens with one attached hydrogen (secondary N) is 1. The van der Waals surface area contributed by atoms with Gasteiger partial charge in [-0.2, -0.15) is 0 Å². The Balaban J connectivity index is 1.64. The zero-order valence-corrected chi connectivity index (χ0v) is 19.9. The summed E-state index contributed by atoms with van der Waals surface area (Å²) < 4.78 is 33.1. The van der Waals surface area contributed by atoms with Crippen LogP contribution in [-0.2, 0) is 16.6 Å². The second-order valence-corrected chi connectivity index (χ2v) is 9.66. The fraction of sp³-hybridized carbons (Fsp3) is 0.208. The first-order valence-electron chi connectivity index (χ1n) is 10.1. The van der Waals surface area contributed by atoms with E-state index >= 15 is 0 Å². The fourth-order valence-corrected chi connectivity index (χ4v) is 4.54. The third-order valence-corrected chi connectivity index (χ3v) is 6.90. The average Bonchev–Trinajstić information content (AvgIpc) is 2.80. The molecule has 3 aromatic rings. The first-order chi connectivity index (χ1) is 15.3. The Hall–Kier alpha value is -2.97. The molecule has 0 heterocycles. The Morgan fingerprint density at radius 2 is 1.59 bits per heavy atom. The summed E-state index contributed by atoms with van der Waals surface area (Å²) >= 11 is 1.67. The van der Waals surface area contributed by atoms with E-state index in [4.69, 9.17) is 4.74 Å². The van der Waals surface area contributed by atoms with Crippen molar-refractivity contribution in [2.24, 2.45) is 0 Å². The van der Waals surface area contributed by atoms with E-state index in [-0.39, 0.29) is 10.8 Å². The van der Waals surface area contributed by atoms with E-state index in [1.165, 1.54) is 17.0 Å². The number of anilines is 1. The predicted molar refractivity (Wildman–Crippen MR) is 129 cm³/mol. The minimum absolute atomic E-state index is 0.133. The van der Waals surface area contributed by atoms with Gasteiger partial charge in [0.1, 0.15) is 5.75 Å². The Kier molecular flexibility index (Phi) is 7.82. The molecule has 168 valence electrons. The Bertz CT molecular complexity index is 1140. The van der Waals surface area contributed by atoms with Gasteiger partial charge in [0, 0.05) is 29.7 Å². The van der Waals surface area contributed by atoms with Gasteiger partial charge in [0.05, 0.1) is 11.5 Å². The van der Waals surface area contributed by atoms with Crippen LogP contribution in [0.15, 0.2) is 82.6 Å². The molecule has 0 aliphatic heterocycles. The normalized spacial score (nSPS) is 11.1. The van der Waals surface area contributed by atoms with E-state index in [2.05, 4.69) is 4.72 Å². The van der Waals surface area contributed by atoms with Crippen LogP contribution >= 0.6 is 11.8 Å². The lowest BCUT2D eigenvalue weighted by Crippen LogP contribution is -2.26. The van der Waals surface area contributed by atoms with E-state index < -0.39 is 10.0 Å². The summed E-state index contributed by atoms with van der Waals surface area (Å²) in [7, 11) is -2.00. The molecule has 0 saturated carbocycles. The van der Waals surface area contributed by atoms with Gasteiger partial charge in [0.15, 0.2) is 0 Å². The van der Waals surface area contributed by atoms with Gasteiger partial charge < -0.3 is 9.64 Å². The van der Waals surface area contributed by atoms with Gasteiger partial charge in [-0.3, -0.25) is 9.52 Å². The van der Waals surface area contributed by atoms with Crippen LogP contribution in [0.5, 0.6) is 5.75 Å². The highest BCUT2D eigenvalue weighted by atomic mass is 32.2. The van der Waals surface area contributed by atoms with Gasteiger partial charge in [-0.15, -0.1) is 11.8 Å². The SMILES string of the molecule is CCOc1ccc(S(=O)(=O)Nc2ccc(C(=O)N(C)Cc3ccc(SC)cc3)cc2)cc1. The minimum atomic E-state index is -3.74. The van der Waals surface area contributed by atoms with Crippen molar-refractivity contribution in [1.29, 1.82) is 0 Å². The van der Waals surface area contributed by atoms with Gasteiger partial charge in [-0.05, 0) is 79.4 Å². The summed E-state index contributed by atoms with van der Waals surface area (Å²) in [4.78, 5) is 15.7. The van der Waals surface area contributed by atoms with Crippen molar-refractivity contribution in [2.45, 2.75) is 23.3 Å². The van der Waals surface area contributed by atoms with Crippen LogP contribution in [0.25, 0.3) is 0 Å². The van der Waals surface area contributed by atoms with Crippen molar-refractivity contribution >= 4 is 33.4 Å². The van der Waals surface area contributed by atoms with E-state index in [0.29, 0.717) is 30.2 Å². The number of carbonyl (C=O) groups is 1. The molecule has 0 atom stereocenters. The molecule has 1 amide bonds. The number of carbonyl (C=O) groups excluding carboxylic acids is 1. The smallest absolute Gasteiger partial charge is 0.261 e. The lowest BCUT2D eigenvalue weighted by Gasteiger charge is -2.18. The molecule has 1 N–H and O–H groups in total. The summed E-state index contributed by atoms with van der Waals surface area (Å²) in [5, 5.41) is 0. The number of benzene rings is 3. The molecule has 8 heteroatoms. The average molecular weight is 471 g/mol. The largest absolute Gasteiger partial charge is 0.494 e. The van der Waals surface area contributed by atoms with Gasteiger partial charge in [0.25, 0.3) is 15.9 Å². The topological polar surface area (TPSA) is 75.7 Å². The quantitative estimate of drug-likeness (QED) is 0.451. The molecule has 6 nitrogen and oxygen atoms in total. The van der Waals surface area contributed by atoms with Crippen LogP contribution in [0.2, 0.25) is 0 Å². The van der Waals surface area contributed by atoms with Gasteiger partial charge >= 0.3 is 0 Å². The number of thioether (sulfide) groups is 1. The predicted octanol–water partition coefficient (Wildman–Crippen LogP) is 4.88. The molecule has 0 fully saturated rings. The number of rotatable bonds is 9. The molecule has 0 radical (unpaired) electrons. The highest BCUT2D eigenvalue weighted by molar-refractivity contribution is 7.98. The molecular formula is C24H26N2O4S2. The van der Waals surface area contributed by atoms with Crippen LogP contribution in [-0.4, -0.2) is 39.1 Å². The lowest BCUT2D eigenvalue weighted by atomic mass is 10.1. The summed E-state index contributed by atoms with van der Waals surface area (Å²) in [6.07, 6.45) is 2.02. The number of ether oxygens (including phenoxy) is 1. The zero-order chi connectivity index (χ0) is 23.1. The molecule has 0 saturated heterocycles. The summed E-state index contributed by atoms with van der Waals surface area (Å²) in [6, 6.07) is 20.7. The number of nitrogens with zero attached hydrogens (tertiary/aromatic N) is 1. The number of hydrogen-bond donors (Lipinski definition) is 1. The maximum Gasteiger partial charge on any atom is 0.261 e. The zero-order valence-electron chi connectivity index (χ0n) is 18.2. The van der Waals surface area contributed by atoms with Crippen LogP contribution in [0.4, 0.5) is 5.69 Å². The van der Waals surface area contributed by atoms with E-state index in [1.54, 1.807) is 60.1 Å². The molecular weight excluding hydrogens is 444 g/mol. The third kappa shape index (κ3) is 6.05. The minimum Gasteiger partial charge on any atom is -0.494 e. The van der Waals surface area contributed by atoms with E-state index in [1.807, 2.05) is 37.4 Å². The van der Waals surface area contributed by atoms with Gasteiger partial charge in [-0.25, -0.2) is 8.42 Å². The Labute approximate surface area is 193 Å². The maximum atomic E-state index is 12.7. The second-order valence-electron chi connectivity index (χ2n) is 7.10. The highest BCUT2D eigenvalue weighted by Gasteiger charge is 2.16. The molecule has 0 aliphatic rings. The van der Waals surface area contributed by atoms with Crippen molar-refractivity contribution in [3.05, 3.63) is 83.9 Å². The summed E-state index contributed by atoms with van der Waals surface area (Å²) in [6.45, 7) is 2.86. The van der Waals surface area contributed by atoms with E-state index in [9.17, 15) is 13.2 Å². The van der Waals surface area contributed by atoms with Crippen LogP contribution in [0.3, 0.4) is 0 Å². The highest BCUT2D eigenvalue weighted by Crippen LogP contribution is 2.21. The van der Waals surface area contributed by atoms with Crippen molar-refractivity contribution in [3.8, 4) is 5.75 Å². The first-order valence-corrected chi connectivity index (χ1v) is 12.8. The first kappa shape index (κ1) is 23.7.